The second-order valence-electron chi connectivity index (χ2n) is 7.46. The summed E-state index contributed by atoms with van der Waals surface area (Å²) in [6.07, 6.45) is 2.16. The van der Waals surface area contributed by atoms with Crippen molar-refractivity contribution in [2.24, 2.45) is 10.9 Å². The average molecular weight is 405 g/mol. The van der Waals surface area contributed by atoms with E-state index in [-0.39, 0.29) is 11.7 Å². The Bertz CT molecular complexity index is 1030. The summed E-state index contributed by atoms with van der Waals surface area (Å²) in [5.41, 5.74) is 4.35. The summed E-state index contributed by atoms with van der Waals surface area (Å²) in [6, 6.07) is 17.6. The third-order valence-electron chi connectivity index (χ3n) is 5.53. The Hall–Kier alpha value is -2.90. The molecule has 0 fully saturated rings. The Kier molecular flexibility index (Phi) is 5.51. The molecule has 2 atom stereocenters. The molecule has 0 aromatic heterocycles. The van der Waals surface area contributed by atoms with E-state index in [4.69, 9.17) is 16.3 Å². The van der Waals surface area contributed by atoms with E-state index >= 15 is 0 Å². The second kappa shape index (κ2) is 8.23. The van der Waals surface area contributed by atoms with E-state index in [0.717, 1.165) is 46.7 Å². The van der Waals surface area contributed by atoms with Gasteiger partial charge in [-0.1, -0.05) is 35.9 Å². The number of rotatable bonds is 4. The maximum atomic E-state index is 12.7. The molecule has 0 saturated heterocycles. The summed E-state index contributed by atoms with van der Waals surface area (Å²) >= 11 is 5.91. The topological polar surface area (TPSA) is 62.4 Å². The van der Waals surface area contributed by atoms with Gasteiger partial charge < -0.3 is 4.74 Å². The van der Waals surface area contributed by atoms with Crippen molar-refractivity contribution in [2.75, 3.05) is 0 Å². The third kappa shape index (κ3) is 3.97. The minimum absolute atomic E-state index is 0.121. The third-order valence-corrected chi connectivity index (χ3v) is 5.78. The van der Waals surface area contributed by atoms with E-state index in [1.807, 2.05) is 55.5 Å². The fourth-order valence-electron chi connectivity index (χ4n) is 4.05. The first-order chi connectivity index (χ1) is 14.1. The molecule has 0 amide bonds. The number of hydrogen-bond donors (Lipinski definition) is 0. The van der Waals surface area contributed by atoms with Crippen molar-refractivity contribution >= 4 is 23.1 Å². The van der Waals surface area contributed by atoms with Crippen molar-refractivity contribution in [3.63, 3.8) is 0 Å². The maximum absolute atomic E-state index is 12.7. The summed E-state index contributed by atoms with van der Waals surface area (Å²) in [5, 5.41) is 10.5. The maximum Gasteiger partial charge on any atom is 0.161 e. The molecule has 2 unspecified atom stereocenters. The zero-order valence-corrected chi connectivity index (χ0v) is 16.9. The van der Waals surface area contributed by atoms with Crippen LogP contribution in [-0.2, 0) is 11.4 Å². The number of carbonyl (C=O) groups excluding carboxylic acids is 1. The number of benzene rings is 2. The fraction of sp³-hybridized carbons (Fsp3) is 0.292. The highest BCUT2D eigenvalue weighted by molar-refractivity contribution is 6.30. The molecule has 0 radical (unpaired) electrons. The van der Waals surface area contributed by atoms with Gasteiger partial charge >= 0.3 is 0 Å². The van der Waals surface area contributed by atoms with Crippen molar-refractivity contribution in [1.29, 1.82) is 5.26 Å². The number of aliphatic imine (C=N–C) groups is 1. The molecular weight excluding hydrogens is 384 g/mol. The molecule has 29 heavy (non-hydrogen) atoms. The minimum atomic E-state index is -0.420. The number of ketones is 1. The van der Waals surface area contributed by atoms with Crippen LogP contribution in [0, 0.1) is 17.2 Å². The molecule has 2 aromatic rings. The summed E-state index contributed by atoms with van der Waals surface area (Å²) in [6.45, 7) is 2.33. The lowest BCUT2D eigenvalue weighted by molar-refractivity contribution is -0.116. The Balaban J connectivity index is 1.57. The number of Topliss-reactive ketones (excluding diaryl/α,β-unsaturated/α-hetero) is 1. The summed E-state index contributed by atoms with van der Waals surface area (Å²) < 4.78 is 5.87. The van der Waals surface area contributed by atoms with Gasteiger partial charge in [0, 0.05) is 34.3 Å². The number of nitrogens with zero attached hydrogens (tertiary/aromatic N) is 2. The first-order valence-corrected chi connectivity index (χ1v) is 10.1. The first kappa shape index (κ1) is 19.4. The van der Waals surface area contributed by atoms with E-state index < -0.39 is 5.92 Å². The summed E-state index contributed by atoms with van der Waals surface area (Å²) in [4.78, 5) is 17.2. The van der Waals surface area contributed by atoms with Gasteiger partial charge in [-0.25, -0.2) is 0 Å². The van der Waals surface area contributed by atoms with Crippen molar-refractivity contribution in [1.82, 2.24) is 0 Å². The smallest absolute Gasteiger partial charge is 0.161 e. The molecule has 146 valence electrons. The molecule has 0 bridgehead atoms. The molecule has 2 aromatic carbocycles. The molecule has 1 aliphatic carbocycles. The van der Waals surface area contributed by atoms with Gasteiger partial charge in [-0.3, -0.25) is 9.79 Å². The van der Waals surface area contributed by atoms with Crippen LogP contribution in [0.5, 0.6) is 5.75 Å². The van der Waals surface area contributed by atoms with Gasteiger partial charge in [-0.15, -0.1) is 0 Å². The molecule has 0 spiro atoms. The zero-order chi connectivity index (χ0) is 20.4. The monoisotopic (exact) mass is 404 g/mol. The molecular formula is C24H21ClN2O2. The second-order valence-corrected chi connectivity index (χ2v) is 7.90. The molecule has 5 heteroatoms. The lowest BCUT2D eigenvalue weighted by atomic mass is 9.72. The van der Waals surface area contributed by atoms with Gasteiger partial charge in [-0.05, 0) is 55.2 Å². The largest absolute Gasteiger partial charge is 0.489 e. The van der Waals surface area contributed by atoms with Crippen LogP contribution in [0.3, 0.4) is 0 Å². The Morgan fingerprint density at radius 3 is 2.55 bits per heavy atom. The van der Waals surface area contributed by atoms with Crippen molar-refractivity contribution in [3.8, 4) is 11.8 Å². The Labute approximate surface area is 175 Å². The van der Waals surface area contributed by atoms with Gasteiger partial charge in [0.1, 0.15) is 12.4 Å². The van der Waals surface area contributed by atoms with Crippen LogP contribution in [-0.4, -0.2) is 11.5 Å². The summed E-state index contributed by atoms with van der Waals surface area (Å²) in [7, 11) is 0. The highest BCUT2D eigenvalue weighted by Crippen LogP contribution is 2.43. The van der Waals surface area contributed by atoms with Crippen LogP contribution in [0.2, 0.25) is 5.02 Å². The van der Waals surface area contributed by atoms with Gasteiger partial charge in [0.25, 0.3) is 0 Å². The predicted octanol–water partition coefficient (Wildman–Crippen LogP) is 5.62. The summed E-state index contributed by atoms with van der Waals surface area (Å²) in [5.74, 6) is 0.181. The number of allylic oxidation sites excluding steroid dienone is 2. The predicted molar refractivity (Wildman–Crippen MR) is 113 cm³/mol. The van der Waals surface area contributed by atoms with E-state index in [2.05, 4.69) is 11.1 Å². The number of ether oxygens (including phenoxy) is 1. The van der Waals surface area contributed by atoms with Crippen LogP contribution >= 0.6 is 11.6 Å². The van der Waals surface area contributed by atoms with E-state index in [0.29, 0.717) is 18.1 Å². The van der Waals surface area contributed by atoms with Crippen LogP contribution < -0.4 is 4.74 Å². The van der Waals surface area contributed by atoms with Gasteiger partial charge in [0.05, 0.1) is 12.0 Å². The van der Waals surface area contributed by atoms with Gasteiger partial charge in [-0.2, -0.15) is 5.26 Å². The zero-order valence-electron chi connectivity index (χ0n) is 16.2. The molecule has 4 nitrogen and oxygen atoms in total. The van der Waals surface area contributed by atoms with Crippen LogP contribution in [0.4, 0.5) is 0 Å². The lowest BCUT2D eigenvalue weighted by Crippen LogP contribution is -2.30. The average Bonchev–Trinajstić information content (AvgIpc) is 2.73. The van der Waals surface area contributed by atoms with Crippen molar-refractivity contribution in [3.05, 3.63) is 76.0 Å². The minimum Gasteiger partial charge on any atom is -0.489 e. The molecule has 2 aliphatic rings. The van der Waals surface area contributed by atoms with E-state index in [9.17, 15) is 10.1 Å². The van der Waals surface area contributed by atoms with Crippen molar-refractivity contribution in [2.45, 2.75) is 38.7 Å². The molecule has 4 rings (SSSR count). The lowest BCUT2D eigenvalue weighted by Gasteiger charge is -2.32. The van der Waals surface area contributed by atoms with Crippen LogP contribution in [0.15, 0.2) is 64.8 Å². The van der Waals surface area contributed by atoms with E-state index in [1.165, 1.54) is 0 Å². The number of nitriles is 1. The van der Waals surface area contributed by atoms with Gasteiger partial charge in [0.15, 0.2) is 5.78 Å². The van der Waals surface area contributed by atoms with Crippen LogP contribution in [0.1, 0.15) is 43.2 Å². The SMILES string of the molecule is CC1=NC2=C(C(=O)CCC2)C(c2ccc(OCc3ccc(Cl)cc3)cc2)C1C#N. The molecule has 0 saturated carbocycles. The number of halogens is 1. The first-order valence-electron chi connectivity index (χ1n) is 9.75. The molecule has 1 heterocycles. The quantitative estimate of drug-likeness (QED) is 0.663. The molecule has 0 N–H and O–H groups in total. The highest BCUT2D eigenvalue weighted by atomic mass is 35.5. The van der Waals surface area contributed by atoms with Crippen molar-refractivity contribution < 1.29 is 9.53 Å². The number of carbonyl (C=O) groups is 1. The van der Waals surface area contributed by atoms with E-state index in [1.54, 1.807) is 0 Å². The molecule has 1 aliphatic heterocycles. The normalized spacial score (nSPS) is 21.3. The fourth-order valence-corrected chi connectivity index (χ4v) is 4.18. The standard InChI is InChI=1S/C24H21ClN2O2/c1-15-20(13-26)23(24-21(27-15)3-2-4-22(24)28)17-7-11-19(12-8-17)29-14-16-5-9-18(25)10-6-16/h5-12,20,23H,2-4,14H2,1H3. The highest BCUT2D eigenvalue weighted by Gasteiger charge is 2.38. The van der Waals surface area contributed by atoms with Crippen LogP contribution in [0.25, 0.3) is 0 Å². The Morgan fingerprint density at radius 1 is 1.14 bits per heavy atom. The Morgan fingerprint density at radius 2 is 1.86 bits per heavy atom. The van der Waals surface area contributed by atoms with Gasteiger partial charge in [0.2, 0.25) is 0 Å². The number of hydrogen-bond acceptors (Lipinski definition) is 4.